The summed E-state index contributed by atoms with van der Waals surface area (Å²) in [6, 6.07) is 11.7. The minimum Gasteiger partial charge on any atom is -0.457 e. The zero-order valence-electron chi connectivity index (χ0n) is 13.6. The van der Waals surface area contributed by atoms with Gasteiger partial charge in [-0.3, -0.25) is 4.79 Å². The molecule has 2 aromatic rings. The summed E-state index contributed by atoms with van der Waals surface area (Å²) < 4.78 is 6.91. The number of rotatable bonds is 2. The van der Waals surface area contributed by atoms with Crippen LogP contribution in [0.2, 0.25) is 0 Å². The molecule has 0 saturated carbocycles. The maximum atomic E-state index is 12.2. The van der Waals surface area contributed by atoms with E-state index >= 15 is 0 Å². The lowest BCUT2D eigenvalue weighted by atomic mass is 10.1. The van der Waals surface area contributed by atoms with E-state index in [1.54, 1.807) is 6.08 Å². The topological polar surface area (TPSA) is 45.8 Å². The van der Waals surface area contributed by atoms with Crippen molar-refractivity contribution in [3.8, 4) is 11.3 Å². The molecule has 4 nitrogen and oxygen atoms in total. The lowest BCUT2D eigenvalue weighted by molar-refractivity contribution is -0.113. The Morgan fingerprint density at radius 3 is 2.60 bits per heavy atom. The van der Waals surface area contributed by atoms with E-state index in [2.05, 4.69) is 25.8 Å². The van der Waals surface area contributed by atoms with Crippen molar-refractivity contribution in [2.75, 3.05) is 13.1 Å². The zero-order valence-corrected chi connectivity index (χ0v) is 16.0. The standard InChI is InChI=1S/C19H17BrN2O2S/c20-14-6-4-13(5-7-14)16-9-8-15(24-16)12-17-18(23)21-19(25-17)22-10-2-1-3-11-22/h4-9,12H,1-3,10-11H2/b17-12+. The molecule has 128 valence electrons. The van der Waals surface area contributed by atoms with Gasteiger partial charge in [0.05, 0.1) is 4.91 Å². The summed E-state index contributed by atoms with van der Waals surface area (Å²) in [7, 11) is 0. The quantitative estimate of drug-likeness (QED) is 0.633. The van der Waals surface area contributed by atoms with Crippen molar-refractivity contribution in [1.29, 1.82) is 0 Å². The first-order valence-corrected chi connectivity index (χ1v) is 9.93. The molecule has 1 saturated heterocycles. The minimum absolute atomic E-state index is 0.174. The van der Waals surface area contributed by atoms with Crippen LogP contribution in [0.15, 0.2) is 55.2 Å². The zero-order chi connectivity index (χ0) is 17.2. The molecule has 3 heterocycles. The molecule has 0 aliphatic carbocycles. The second kappa shape index (κ2) is 7.22. The minimum atomic E-state index is -0.174. The number of amidine groups is 1. The van der Waals surface area contributed by atoms with E-state index in [4.69, 9.17) is 4.42 Å². The van der Waals surface area contributed by atoms with Gasteiger partial charge < -0.3 is 9.32 Å². The number of hydrogen-bond donors (Lipinski definition) is 0. The van der Waals surface area contributed by atoms with Crippen LogP contribution in [0.1, 0.15) is 25.0 Å². The van der Waals surface area contributed by atoms with Gasteiger partial charge in [0.25, 0.3) is 5.91 Å². The molecule has 0 N–H and O–H groups in total. The molecule has 6 heteroatoms. The van der Waals surface area contributed by atoms with Crippen molar-refractivity contribution in [3.05, 3.63) is 51.5 Å². The van der Waals surface area contributed by atoms with Crippen molar-refractivity contribution in [2.24, 2.45) is 4.99 Å². The Morgan fingerprint density at radius 2 is 1.84 bits per heavy atom. The third-order valence-corrected chi connectivity index (χ3v) is 5.84. The number of nitrogens with zero attached hydrogens (tertiary/aromatic N) is 2. The van der Waals surface area contributed by atoms with Gasteiger partial charge in [-0.15, -0.1) is 0 Å². The predicted molar refractivity (Wildman–Crippen MR) is 105 cm³/mol. The van der Waals surface area contributed by atoms with Crippen molar-refractivity contribution < 1.29 is 9.21 Å². The highest BCUT2D eigenvalue weighted by Crippen LogP contribution is 2.32. The molecule has 1 fully saturated rings. The highest BCUT2D eigenvalue weighted by Gasteiger charge is 2.27. The van der Waals surface area contributed by atoms with Crippen LogP contribution >= 0.6 is 27.7 Å². The van der Waals surface area contributed by atoms with E-state index in [0.29, 0.717) is 10.7 Å². The van der Waals surface area contributed by atoms with Gasteiger partial charge in [0.1, 0.15) is 11.5 Å². The molecule has 25 heavy (non-hydrogen) atoms. The molecule has 0 unspecified atom stereocenters. The Labute approximate surface area is 159 Å². The Bertz CT molecular complexity index is 849. The summed E-state index contributed by atoms with van der Waals surface area (Å²) in [5, 5.41) is 0.829. The Morgan fingerprint density at radius 1 is 1.08 bits per heavy atom. The molecule has 0 atom stereocenters. The molecule has 1 amide bonds. The van der Waals surface area contributed by atoms with Crippen LogP contribution in [-0.2, 0) is 4.79 Å². The van der Waals surface area contributed by atoms with Gasteiger partial charge in [0, 0.05) is 29.2 Å². The molecule has 0 radical (unpaired) electrons. The number of amides is 1. The van der Waals surface area contributed by atoms with Gasteiger partial charge in [0.15, 0.2) is 5.17 Å². The largest absolute Gasteiger partial charge is 0.457 e. The molecule has 1 aromatic carbocycles. The number of furan rings is 1. The average molecular weight is 417 g/mol. The van der Waals surface area contributed by atoms with Gasteiger partial charge in [-0.05, 0) is 55.3 Å². The maximum absolute atomic E-state index is 12.2. The molecule has 2 aliphatic heterocycles. The highest BCUT2D eigenvalue weighted by atomic mass is 79.9. The van der Waals surface area contributed by atoms with E-state index in [9.17, 15) is 4.79 Å². The van der Waals surface area contributed by atoms with Crippen molar-refractivity contribution in [3.63, 3.8) is 0 Å². The fourth-order valence-electron chi connectivity index (χ4n) is 2.95. The van der Waals surface area contributed by atoms with Crippen LogP contribution in [0, 0.1) is 0 Å². The lowest BCUT2D eigenvalue weighted by Gasteiger charge is -2.27. The van der Waals surface area contributed by atoms with Crippen molar-refractivity contribution in [1.82, 2.24) is 4.90 Å². The van der Waals surface area contributed by atoms with Crippen molar-refractivity contribution >= 4 is 44.8 Å². The van der Waals surface area contributed by atoms with Gasteiger partial charge in [0.2, 0.25) is 0 Å². The number of carbonyl (C=O) groups excluding carboxylic acids is 1. The summed E-state index contributed by atoms with van der Waals surface area (Å²) in [6.45, 7) is 1.97. The molecule has 0 spiro atoms. The Kier molecular flexibility index (Phi) is 4.81. The van der Waals surface area contributed by atoms with Crippen LogP contribution in [0.5, 0.6) is 0 Å². The highest BCUT2D eigenvalue weighted by molar-refractivity contribution is 9.10. The number of piperidine rings is 1. The normalized spacial score (nSPS) is 19.6. The van der Waals surface area contributed by atoms with E-state index in [0.717, 1.165) is 34.1 Å². The number of likely N-dealkylation sites (tertiary alicyclic amines) is 1. The number of aliphatic imine (C=N–C) groups is 1. The van der Waals surface area contributed by atoms with Crippen LogP contribution in [0.25, 0.3) is 17.4 Å². The smallest absolute Gasteiger partial charge is 0.286 e. The Hall–Kier alpha value is -1.79. The summed E-state index contributed by atoms with van der Waals surface area (Å²) in [5.41, 5.74) is 1.00. The van der Waals surface area contributed by atoms with Crippen LogP contribution in [0.3, 0.4) is 0 Å². The third-order valence-electron chi connectivity index (χ3n) is 4.26. The predicted octanol–water partition coefficient (Wildman–Crippen LogP) is 5.17. The Balaban J connectivity index is 1.50. The molecule has 2 aliphatic rings. The first-order valence-electron chi connectivity index (χ1n) is 8.32. The first kappa shape index (κ1) is 16.7. The second-order valence-electron chi connectivity index (χ2n) is 6.07. The monoisotopic (exact) mass is 416 g/mol. The number of halogens is 1. The van der Waals surface area contributed by atoms with Crippen LogP contribution in [-0.4, -0.2) is 29.1 Å². The summed E-state index contributed by atoms with van der Waals surface area (Å²) >= 11 is 4.88. The molecular weight excluding hydrogens is 400 g/mol. The number of carbonyl (C=O) groups is 1. The van der Waals surface area contributed by atoms with Crippen LogP contribution in [0.4, 0.5) is 0 Å². The number of hydrogen-bond acceptors (Lipinski definition) is 4. The summed E-state index contributed by atoms with van der Waals surface area (Å²) in [4.78, 5) is 19.2. The molecule has 4 rings (SSSR count). The van der Waals surface area contributed by atoms with E-state index in [1.807, 2.05) is 36.4 Å². The second-order valence-corrected chi connectivity index (χ2v) is 7.99. The molecular formula is C19H17BrN2O2S. The van der Waals surface area contributed by atoms with E-state index in [1.165, 1.54) is 31.0 Å². The average Bonchev–Trinajstić information content (AvgIpc) is 3.24. The van der Waals surface area contributed by atoms with Gasteiger partial charge in [-0.2, -0.15) is 4.99 Å². The molecule has 1 aromatic heterocycles. The lowest BCUT2D eigenvalue weighted by Crippen LogP contribution is -2.33. The van der Waals surface area contributed by atoms with Gasteiger partial charge in [-0.25, -0.2) is 0 Å². The van der Waals surface area contributed by atoms with E-state index in [-0.39, 0.29) is 5.91 Å². The fourth-order valence-corrected chi connectivity index (χ4v) is 4.16. The summed E-state index contributed by atoms with van der Waals surface area (Å²) in [6.07, 6.45) is 5.38. The number of thioether (sulfide) groups is 1. The fraction of sp³-hybridized carbons (Fsp3) is 0.263. The first-order chi connectivity index (χ1) is 12.2. The SMILES string of the molecule is O=C1N=C(N2CCCCC2)S/C1=C/c1ccc(-c2ccc(Br)cc2)o1. The van der Waals surface area contributed by atoms with Gasteiger partial charge >= 0.3 is 0 Å². The van der Waals surface area contributed by atoms with Crippen molar-refractivity contribution in [2.45, 2.75) is 19.3 Å². The van der Waals surface area contributed by atoms with Gasteiger partial charge in [-0.1, -0.05) is 28.1 Å². The number of benzene rings is 1. The van der Waals surface area contributed by atoms with E-state index < -0.39 is 0 Å². The summed E-state index contributed by atoms with van der Waals surface area (Å²) in [5.74, 6) is 1.28. The molecule has 0 bridgehead atoms. The third kappa shape index (κ3) is 3.75. The maximum Gasteiger partial charge on any atom is 0.286 e. The van der Waals surface area contributed by atoms with Crippen LogP contribution < -0.4 is 0 Å².